The second-order valence-corrected chi connectivity index (χ2v) is 4.97. The minimum atomic E-state index is 0.0357. The maximum Gasteiger partial charge on any atom is 0.112 e. The van der Waals surface area contributed by atoms with Gasteiger partial charge in [-0.25, -0.2) is 4.98 Å². The SMILES string of the molecule is CCCn1c(CC(CN)OC)nc2cc(C)ccc21. The predicted molar refractivity (Wildman–Crippen MR) is 78.3 cm³/mol. The molecule has 0 saturated heterocycles. The average molecular weight is 261 g/mol. The van der Waals surface area contributed by atoms with Gasteiger partial charge >= 0.3 is 0 Å². The van der Waals surface area contributed by atoms with E-state index in [9.17, 15) is 0 Å². The molecule has 1 atom stereocenters. The third kappa shape index (κ3) is 2.96. The molecule has 0 aliphatic carbocycles. The molecule has 0 spiro atoms. The molecule has 4 nitrogen and oxygen atoms in total. The molecule has 4 heteroatoms. The topological polar surface area (TPSA) is 53.1 Å². The Morgan fingerprint density at radius 1 is 1.42 bits per heavy atom. The summed E-state index contributed by atoms with van der Waals surface area (Å²) in [5, 5.41) is 0. The van der Waals surface area contributed by atoms with Crippen molar-refractivity contribution in [3.63, 3.8) is 0 Å². The van der Waals surface area contributed by atoms with Gasteiger partial charge < -0.3 is 15.0 Å². The predicted octanol–water partition coefficient (Wildman–Crippen LogP) is 2.27. The van der Waals surface area contributed by atoms with Crippen LogP contribution in [-0.4, -0.2) is 29.3 Å². The van der Waals surface area contributed by atoms with Crippen LogP contribution in [0.5, 0.6) is 0 Å². The Bertz CT molecular complexity index is 544. The molecule has 0 aliphatic heterocycles. The molecule has 104 valence electrons. The zero-order valence-corrected chi connectivity index (χ0v) is 12.0. The van der Waals surface area contributed by atoms with Gasteiger partial charge in [0.15, 0.2) is 0 Å². The van der Waals surface area contributed by atoms with E-state index in [0.29, 0.717) is 6.54 Å². The van der Waals surface area contributed by atoms with Crippen LogP contribution >= 0.6 is 0 Å². The van der Waals surface area contributed by atoms with Crippen LogP contribution in [0.4, 0.5) is 0 Å². The Labute approximate surface area is 114 Å². The summed E-state index contributed by atoms with van der Waals surface area (Å²) in [6.45, 7) is 5.77. The summed E-state index contributed by atoms with van der Waals surface area (Å²) in [5.41, 5.74) is 9.22. The second kappa shape index (κ2) is 6.17. The Morgan fingerprint density at radius 3 is 2.84 bits per heavy atom. The molecule has 1 unspecified atom stereocenters. The molecule has 0 bridgehead atoms. The van der Waals surface area contributed by atoms with Crippen molar-refractivity contribution in [2.45, 2.75) is 39.3 Å². The molecular weight excluding hydrogens is 238 g/mol. The van der Waals surface area contributed by atoms with Crippen molar-refractivity contribution < 1.29 is 4.74 Å². The molecule has 1 heterocycles. The first kappa shape index (κ1) is 14.0. The van der Waals surface area contributed by atoms with Gasteiger partial charge in [0.2, 0.25) is 0 Å². The molecule has 0 amide bonds. The number of methoxy groups -OCH3 is 1. The van der Waals surface area contributed by atoms with E-state index in [4.69, 9.17) is 15.5 Å². The number of fused-ring (bicyclic) bond motifs is 1. The molecule has 1 aromatic heterocycles. The fourth-order valence-electron chi connectivity index (χ4n) is 2.39. The molecule has 1 aromatic carbocycles. The number of hydrogen-bond acceptors (Lipinski definition) is 3. The molecule has 0 radical (unpaired) electrons. The molecular formula is C15H23N3O. The summed E-state index contributed by atoms with van der Waals surface area (Å²) in [6, 6.07) is 6.42. The fraction of sp³-hybridized carbons (Fsp3) is 0.533. The van der Waals surface area contributed by atoms with Crippen LogP contribution < -0.4 is 5.73 Å². The number of imidazole rings is 1. The summed E-state index contributed by atoms with van der Waals surface area (Å²) in [5.74, 6) is 1.07. The highest BCUT2D eigenvalue weighted by atomic mass is 16.5. The quantitative estimate of drug-likeness (QED) is 0.868. The Balaban J connectivity index is 2.43. The number of nitrogens with two attached hydrogens (primary N) is 1. The van der Waals surface area contributed by atoms with Gasteiger partial charge in [0.05, 0.1) is 17.1 Å². The van der Waals surface area contributed by atoms with Crippen LogP contribution in [0.2, 0.25) is 0 Å². The first-order chi connectivity index (χ1) is 9.19. The first-order valence-electron chi connectivity index (χ1n) is 6.88. The van der Waals surface area contributed by atoms with Crippen molar-refractivity contribution >= 4 is 11.0 Å². The van der Waals surface area contributed by atoms with E-state index in [-0.39, 0.29) is 6.10 Å². The van der Waals surface area contributed by atoms with E-state index in [1.807, 2.05) is 0 Å². The summed E-state index contributed by atoms with van der Waals surface area (Å²) < 4.78 is 7.67. The van der Waals surface area contributed by atoms with Crippen LogP contribution in [0.1, 0.15) is 24.7 Å². The highest BCUT2D eigenvalue weighted by Gasteiger charge is 2.14. The van der Waals surface area contributed by atoms with Crippen molar-refractivity contribution in [3.8, 4) is 0 Å². The lowest BCUT2D eigenvalue weighted by atomic mass is 10.2. The van der Waals surface area contributed by atoms with Gasteiger partial charge in [0.1, 0.15) is 5.82 Å². The van der Waals surface area contributed by atoms with Gasteiger partial charge in [-0.15, -0.1) is 0 Å². The molecule has 2 aromatic rings. The summed E-state index contributed by atoms with van der Waals surface area (Å²) in [7, 11) is 1.70. The lowest BCUT2D eigenvalue weighted by molar-refractivity contribution is 0.107. The third-order valence-corrected chi connectivity index (χ3v) is 3.44. The Kier molecular flexibility index (Phi) is 4.56. The minimum absolute atomic E-state index is 0.0357. The van der Waals surface area contributed by atoms with Crippen molar-refractivity contribution in [2.75, 3.05) is 13.7 Å². The second-order valence-electron chi connectivity index (χ2n) is 4.97. The van der Waals surface area contributed by atoms with E-state index in [1.54, 1.807) is 7.11 Å². The number of ether oxygens (including phenoxy) is 1. The standard InChI is InChI=1S/C15H23N3O/c1-4-7-18-14-6-5-11(2)8-13(14)17-15(18)9-12(10-16)19-3/h5-6,8,12H,4,7,9-10,16H2,1-3H3. The largest absolute Gasteiger partial charge is 0.380 e. The van der Waals surface area contributed by atoms with Gasteiger partial charge in [0.25, 0.3) is 0 Å². The van der Waals surface area contributed by atoms with E-state index in [0.717, 1.165) is 30.7 Å². The monoisotopic (exact) mass is 261 g/mol. The van der Waals surface area contributed by atoms with Crippen molar-refractivity contribution in [1.29, 1.82) is 0 Å². The summed E-state index contributed by atoms with van der Waals surface area (Å²) >= 11 is 0. The number of aryl methyl sites for hydroxylation is 2. The number of benzene rings is 1. The average Bonchev–Trinajstić information content (AvgIpc) is 2.73. The smallest absolute Gasteiger partial charge is 0.112 e. The van der Waals surface area contributed by atoms with E-state index < -0.39 is 0 Å². The van der Waals surface area contributed by atoms with Crippen LogP contribution in [0.25, 0.3) is 11.0 Å². The van der Waals surface area contributed by atoms with Gasteiger partial charge in [0, 0.05) is 26.6 Å². The number of aromatic nitrogens is 2. The maximum absolute atomic E-state index is 5.71. The first-order valence-corrected chi connectivity index (χ1v) is 6.88. The Hall–Kier alpha value is -1.39. The number of nitrogens with zero attached hydrogens (tertiary/aromatic N) is 2. The van der Waals surface area contributed by atoms with E-state index in [1.165, 1.54) is 11.1 Å². The highest BCUT2D eigenvalue weighted by Crippen LogP contribution is 2.19. The molecule has 0 aliphatic rings. The van der Waals surface area contributed by atoms with E-state index >= 15 is 0 Å². The van der Waals surface area contributed by atoms with Crippen molar-refractivity contribution in [2.24, 2.45) is 5.73 Å². The lowest BCUT2D eigenvalue weighted by Crippen LogP contribution is -2.26. The Morgan fingerprint density at radius 2 is 2.21 bits per heavy atom. The third-order valence-electron chi connectivity index (χ3n) is 3.44. The normalized spacial score (nSPS) is 13.1. The molecule has 0 saturated carbocycles. The lowest BCUT2D eigenvalue weighted by Gasteiger charge is -2.14. The van der Waals surface area contributed by atoms with Crippen molar-refractivity contribution in [1.82, 2.24) is 9.55 Å². The summed E-state index contributed by atoms with van der Waals surface area (Å²) in [4.78, 5) is 4.76. The zero-order chi connectivity index (χ0) is 13.8. The molecule has 19 heavy (non-hydrogen) atoms. The summed E-state index contributed by atoms with van der Waals surface area (Å²) in [6.07, 6.45) is 1.89. The maximum atomic E-state index is 5.71. The molecule has 2 rings (SSSR count). The number of hydrogen-bond donors (Lipinski definition) is 1. The number of rotatable bonds is 6. The molecule has 0 fully saturated rings. The van der Waals surface area contributed by atoms with Crippen LogP contribution in [0.3, 0.4) is 0 Å². The minimum Gasteiger partial charge on any atom is -0.380 e. The molecule has 2 N–H and O–H groups in total. The highest BCUT2D eigenvalue weighted by molar-refractivity contribution is 5.76. The zero-order valence-electron chi connectivity index (χ0n) is 12.0. The van der Waals surface area contributed by atoms with Crippen LogP contribution in [0, 0.1) is 6.92 Å². The van der Waals surface area contributed by atoms with Crippen molar-refractivity contribution in [3.05, 3.63) is 29.6 Å². The van der Waals surface area contributed by atoms with E-state index in [2.05, 4.69) is 36.6 Å². The van der Waals surface area contributed by atoms with Crippen LogP contribution in [-0.2, 0) is 17.7 Å². The van der Waals surface area contributed by atoms with Gasteiger partial charge in [-0.2, -0.15) is 0 Å². The van der Waals surface area contributed by atoms with Gasteiger partial charge in [-0.05, 0) is 31.0 Å². The fourth-order valence-corrected chi connectivity index (χ4v) is 2.39. The van der Waals surface area contributed by atoms with Gasteiger partial charge in [-0.1, -0.05) is 13.0 Å². The van der Waals surface area contributed by atoms with Crippen LogP contribution in [0.15, 0.2) is 18.2 Å². The van der Waals surface area contributed by atoms with Gasteiger partial charge in [-0.3, -0.25) is 0 Å².